The van der Waals surface area contributed by atoms with E-state index < -0.39 is 0 Å². The molecule has 1 heterocycles. The van der Waals surface area contributed by atoms with E-state index in [1.807, 2.05) is 13.8 Å². The molecule has 0 spiro atoms. The predicted molar refractivity (Wildman–Crippen MR) is 59.2 cm³/mol. The molecule has 0 aliphatic heterocycles. The molecule has 1 aliphatic rings. The highest BCUT2D eigenvalue weighted by atomic mass is 16.5. The van der Waals surface area contributed by atoms with Crippen LogP contribution in [0.2, 0.25) is 0 Å². The van der Waals surface area contributed by atoms with Crippen LogP contribution in [0.5, 0.6) is 0 Å². The fourth-order valence-corrected chi connectivity index (χ4v) is 2.04. The minimum absolute atomic E-state index is 0.150. The molecule has 0 aromatic carbocycles. The van der Waals surface area contributed by atoms with Crippen LogP contribution in [0.25, 0.3) is 0 Å². The average molecular weight is 222 g/mol. The van der Waals surface area contributed by atoms with E-state index in [0.717, 1.165) is 25.7 Å². The van der Waals surface area contributed by atoms with Crippen molar-refractivity contribution >= 4 is 5.78 Å². The number of Topliss-reactive ketones (excluding diaryl/α,β-unsaturated/α-hetero) is 1. The Morgan fingerprint density at radius 1 is 1.31 bits per heavy atom. The Balaban J connectivity index is 2.17. The van der Waals surface area contributed by atoms with E-state index in [4.69, 9.17) is 4.52 Å². The quantitative estimate of drug-likeness (QED) is 0.722. The van der Waals surface area contributed by atoms with Crippen molar-refractivity contribution in [2.24, 2.45) is 0 Å². The number of ketones is 1. The second-order valence-corrected chi connectivity index (χ2v) is 4.76. The molecule has 1 unspecified atom stereocenters. The van der Waals surface area contributed by atoms with Crippen LogP contribution in [0.15, 0.2) is 4.52 Å². The van der Waals surface area contributed by atoms with Gasteiger partial charge in [-0.2, -0.15) is 4.98 Å². The zero-order valence-corrected chi connectivity index (χ0v) is 9.90. The van der Waals surface area contributed by atoms with E-state index in [0.29, 0.717) is 18.1 Å². The first-order chi connectivity index (χ1) is 7.68. The molecule has 1 aliphatic carbocycles. The number of carbonyl (C=O) groups is 1. The lowest BCUT2D eigenvalue weighted by Gasteiger charge is -2.06. The van der Waals surface area contributed by atoms with Crippen molar-refractivity contribution in [1.29, 1.82) is 0 Å². The molecular weight excluding hydrogens is 204 g/mol. The van der Waals surface area contributed by atoms with Gasteiger partial charge in [0.05, 0.1) is 5.92 Å². The van der Waals surface area contributed by atoms with Crippen molar-refractivity contribution < 1.29 is 9.32 Å². The summed E-state index contributed by atoms with van der Waals surface area (Å²) < 4.78 is 5.21. The summed E-state index contributed by atoms with van der Waals surface area (Å²) in [6.45, 7) is 4.03. The third kappa shape index (κ3) is 2.31. The van der Waals surface area contributed by atoms with Gasteiger partial charge in [0.2, 0.25) is 5.89 Å². The molecule has 0 N–H and O–H groups in total. The molecule has 16 heavy (non-hydrogen) atoms. The monoisotopic (exact) mass is 222 g/mol. The van der Waals surface area contributed by atoms with E-state index in [-0.39, 0.29) is 17.6 Å². The van der Waals surface area contributed by atoms with Gasteiger partial charge >= 0.3 is 0 Å². The Kier molecular flexibility index (Phi) is 3.36. The number of hydrogen-bond acceptors (Lipinski definition) is 4. The summed E-state index contributed by atoms with van der Waals surface area (Å²) in [5, 5.41) is 3.92. The molecule has 0 bridgehead atoms. The van der Waals surface area contributed by atoms with Crippen LogP contribution in [-0.4, -0.2) is 15.9 Å². The molecule has 1 atom stereocenters. The third-order valence-electron chi connectivity index (χ3n) is 3.08. The maximum atomic E-state index is 11.9. The Bertz CT molecular complexity index is 371. The minimum Gasteiger partial charge on any atom is -0.339 e. The van der Waals surface area contributed by atoms with Crippen molar-refractivity contribution in [3.8, 4) is 0 Å². The fraction of sp³-hybridized carbons (Fsp3) is 0.750. The highest BCUT2D eigenvalue weighted by Crippen LogP contribution is 2.28. The molecular formula is C12H18N2O2. The second-order valence-electron chi connectivity index (χ2n) is 4.76. The smallest absolute Gasteiger partial charge is 0.237 e. The first-order valence-electron chi connectivity index (χ1n) is 6.04. The van der Waals surface area contributed by atoms with Crippen LogP contribution >= 0.6 is 0 Å². The van der Waals surface area contributed by atoms with Gasteiger partial charge in [-0.25, -0.2) is 0 Å². The zero-order valence-electron chi connectivity index (χ0n) is 9.90. The first-order valence-corrected chi connectivity index (χ1v) is 6.04. The number of nitrogens with zero attached hydrogens (tertiary/aromatic N) is 2. The Labute approximate surface area is 95.4 Å². The number of hydrogen-bond donors (Lipinski definition) is 0. The van der Waals surface area contributed by atoms with E-state index in [1.54, 1.807) is 0 Å². The van der Waals surface area contributed by atoms with Crippen molar-refractivity contribution in [1.82, 2.24) is 10.1 Å². The Morgan fingerprint density at radius 3 is 2.81 bits per heavy atom. The van der Waals surface area contributed by atoms with Crippen LogP contribution in [0.4, 0.5) is 0 Å². The van der Waals surface area contributed by atoms with E-state index >= 15 is 0 Å². The largest absolute Gasteiger partial charge is 0.339 e. The molecule has 2 rings (SSSR count). The molecule has 1 aromatic heterocycles. The highest BCUT2D eigenvalue weighted by molar-refractivity contribution is 5.84. The Morgan fingerprint density at radius 2 is 2.12 bits per heavy atom. The van der Waals surface area contributed by atoms with Gasteiger partial charge in [0, 0.05) is 12.3 Å². The normalized spacial score (nSPS) is 22.4. The van der Waals surface area contributed by atoms with Crippen molar-refractivity contribution in [3.63, 3.8) is 0 Å². The lowest BCUT2D eigenvalue weighted by Crippen LogP contribution is -2.11. The van der Waals surface area contributed by atoms with Gasteiger partial charge in [0.1, 0.15) is 5.78 Å². The summed E-state index contributed by atoms with van der Waals surface area (Å²) in [6, 6.07) is 0. The Hall–Kier alpha value is -1.19. The van der Waals surface area contributed by atoms with Gasteiger partial charge in [0.25, 0.3) is 0 Å². The summed E-state index contributed by atoms with van der Waals surface area (Å²) >= 11 is 0. The van der Waals surface area contributed by atoms with Crippen LogP contribution in [0, 0.1) is 0 Å². The fourth-order valence-electron chi connectivity index (χ4n) is 2.04. The average Bonchev–Trinajstić information content (AvgIpc) is 2.63. The molecule has 4 heteroatoms. The van der Waals surface area contributed by atoms with Crippen molar-refractivity contribution in [2.75, 3.05) is 0 Å². The molecule has 1 aromatic rings. The summed E-state index contributed by atoms with van der Waals surface area (Å²) in [6.07, 6.45) is 4.73. The molecule has 0 amide bonds. The van der Waals surface area contributed by atoms with Crippen molar-refractivity contribution in [2.45, 2.75) is 57.8 Å². The number of carbonyl (C=O) groups excluding carboxylic acids is 1. The zero-order chi connectivity index (χ0) is 11.5. The van der Waals surface area contributed by atoms with E-state index in [2.05, 4.69) is 10.1 Å². The summed E-state index contributed by atoms with van der Waals surface area (Å²) in [4.78, 5) is 16.2. The lowest BCUT2D eigenvalue weighted by atomic mass is 9.99. The van der Waals surface area contributed by atoms with Gasteiger partial charge in [-0.3, -0.25) is 4.79 Å². The maximum Gasteiger partial charge on any atom is 0.237 e. The van der Waals surface area contributed by atoms with Gasteiger partial charge in [0.15, 0.2) is 5.82 Å². The molecule has 4 nitrogen and oxygen atoms in total. The highest BCUT2D eigenvalue weighted by Gasteiger charge is 2.27. The molecule has 1 fully saturated rings. The molecule has 1 saturated carbocycles. The maximum absolute atomic E-state index is 11.9. The summed E-state index contributed by atoms with van der Waals surface area (Å²) in [5.41, 5.74) is 0. The number of rotatable bonds is 2. The van der Waals surface area contributed by atoms with Gasteiger partial charge < -0.3 is 4.52 Å². The minimum atomic E-state index is -0.150. The standard InChI is InChI=1S/C12H18N2O2/c1-8(2)11-13-12(16-14-11)9-6-4-3-5-7-10(9)15/h8-9H,3-7H2,1-2H3. The first kappa shape index (κ1) is 11.3. The number of aromatic nitrogens is 2. The molecule has 0 radical (unpaired) electrons. The van der Waals surface area contributed by atoms with E-state index in [9.17, 15) is 4.79 Å². The van der Waals surface area contributed by atoms with Gasteiger partial charge in [-0.1, -0.05) is 31.8 Å². The van der Waals surface area contributed by atoms with E-state index in [1.165, 1.54) is 0 Å². The topological polar surface area (TPSA) is 56.0 Å². The van der Waals surface area contributed by atoms with Crippen LogP contribution in [0.1, 0.15) is 69.5 Å². The van der Waals surface area contributed by atoms with Gasteiger partial charge in [-0.05, 0) is 12.8 Å². The molecule has 0 saturated heterocycles. The lowest BCUT2D eigenvalue weighted by molar-refractivity contribution is -0.120. The molecule has 88 valence electrons. The summed E-state index contributed by atoms with van der Waals surface area (Å²) in [7, 11) is 0. The van der Waals surface area contributed by atoms with Crippen molar-refractivity contribution in [3.05, 3.63) is 11.7 Å². The van der Waals surface area contributed by atoms with Crippen LogP contribution < -0.4 is 0 Å². The SMILES string of the molecule is CC(C)c1noc(C2CCCCCC2=O)n1. The predicted octanol–water partition coefficient (Wildman–Crippen LogP) is 2.81. The van der Waals surface area contributed by atoms with Gasteiger partial charge in [-0.15, -0.1) is 0 Å². The third-order valence-corrected chi connectivity index (χ3v) is 3.08. The second kappa shape index (κ2) is 4.76. The van der Waals surface area contributed by atoms with Crippen LogP contribution in [0.3, 0.4) is 0 Å². The van der Waals surface area contributed by atoms with Crippen LogP contribution in [-0.2, 0) is 4.79 Å². The summed E-state index contributed by atoms with van der Waals surface area (Å²) in [5.74, 6) is 1.58.